The van der Waals surface area contributed by atoms with E-state index in [2.05, 4.69) is 20.3 Å². The number of nitrogens with one attached hydrogen (secondary N) is 2. The summed E-state index contributed by atoms with van der Waals surface area (Å²) in [6.07, 6.45) is 2.36. The first-order chi connectivity index (χ1) is 15.8. The summed E-state index contributed by atoms with van der Waals surface area (Å²) < 4.78 is 33.7. The maximum Gasteiger partial charge on any atom is 0.257 e. The molecule has 0 atom stereocenters. The Morgan fingerprint density at radius 2 is 1.64 bits per heavy atom. The van der Waals surface area contributed by atoms with Gasteiger partial charge in [-0.3, -0.25) is 19.0 Å². The van der Waals surface area contributed by atoms with E-state index in [1.165, 1.54) is 30.5 Å². The van der Waals surface area contributed by atoms with Crippen LogP contribution in [-0.2, 0) is 0 Å². The molecule has 0 saturated heterocycles. The fraction of sp³-hybridized carbons (Fsp3) is 0.0435. The second-order valence-corrected chi connectivity index (χ2v) is 7.02. The molecule has 33 heavy (non-hydrogen) atoms. The monoisotopic (exact) mass is 450 g/mol. The lowest BCUT2D eigenvalue weighted by molar-refractivity contribution is 0.101. The minimum Gasteiger partial charge on any atom is -0.363 e. The van der Waals surface area contributed by atoms with E-state index >= 15 is 0 Å². The molecule has 0 aliphatic carbocycles. The maximum absolute atomic E-state index is 14.2. The summed E-state index contributed by atoms with van der Waals surface area (Å²) in [5.41, 5.74) is -0.0676. The second kappa shape index (κ2) is 8.87. The number of nitrogens with zero attached hydrogens (tertiary/aromatic N) is 2. The van der Waals surface area contributed by atoms with Gasteiger partial charge in [0.1, 0.15) is 23.6 Å². The van der Waals surface area contributed by atoms with Crippen LogP contribution >= 0.6 is 0 Å². The van der Waals surface area contributed by atoms with E-state index < -0.39 is 34.7 Å². The molecule has 0 aliphatic rings. The van der Waals surface area contributed by atoms with Crippen molar-refractivity contribution in [1.29, 1.82) is 0 Å². The first kappa shape index (κ1) is 21.6. The first-order valence-electron chi connectivity index (χ1n) is 9.64. The van der Waals surface area contributed by atoms with Crippen LogP contribution in [0, 0.1) is 18.6 Å². The summed E-state index contributed by atoms with van der Waals surface area (Å²) in [5.74, 6) is -2.78. The van der Waals surface area contributed by atoms with Crippen molar-refractivity contribution in [2.24, 2.45) is 0 Å². The Labute approximate surface area is 185 Å². The molecule has 2 N–H and O–H groups in total. The Kier molecular flexibility index (Phi) is 5.81. The van der Waals surface area contributed by atoms with E-state index in [4.69, 9.17) is 0 Å². The van der Waals surface area contributed by atoms with Gasteiger partial charge in [0, 0.05) is 29.6 Å². The molecular weight excluding hydrogens is 434 g/mol. The van der Waals surface area contributed by atoms with Crippen LogP contribution in [0.15, 0.2) is 76.4 Å². The van der Waals surface area contributed by atoms with Gasteiger partial charge in [0.15, 0.2) is 5.82 Å². The summed E-state index contributed by atoms with van der Waals surface area (Å²) in [7, 11) is 0. The molecule has 0 bridgehead atoms. The van der Waals surface area contributed by atoms with Gasteiger partial charge in [0.25, 0.3) is 17.4 Å². The Balaban J connectivity index is 1.61. The van der Waals surface area contributed by atoms with Crippen LogP contribution in [-0.4, -0.2) is 21.5 Å². The number of aromatic nitrogens is 2. The normalized spacial score (nSPS) is 10.6. The van der Waals surface area contributed by atoms with E-state index in [9.17, 15) is 23.2 Å². The zero-order valence-electron chi connectivity index (χ0n) is 17.1. The minimum atomic E-state index is -0.948. The Bertz CT molecular complexity index is 1390. The van der Waals surface area contributed by atoms with Crippen LogP contribution in [0.5, 0.6) is 0 Å². The van der Waals surface area contributed by atoms with Crippen LogP contribution in [0.4, 0.5) is 20.3 Å². The first-order valence-corrected chi connectivity index (χ1v) is 9.64. The number of anilines is 2. The molecule has 2 amide bonds. The quantitative estimate of drug-likeness (QED) is 0.480. The van der Waals surface area contributed by atoms with E-state index in [1.807, 2.05) is 0 Å². The van der Waals surface area contributed by atoms with E-state index in [-0.39, 0.29) is 16.9 Å². The molecular formula is C23H16F2N4O4. The number of halogens is 2. The largest absolute Gasteiger partial charge is 0.363 e. The van der Waals surface area contributed by atoms with E-state index in [0.29, 0.717) is 11.3 Å². The molecule has 4 rings (SSSR count). The molecule has 0 unspecified atom stereocenters. The zero-order chi connectivity index (χ0) is 23.5. The van der Waals surface area contributed by atoms with Gasteiger partial charge < -0.3 is 15.2 Å². The van der Waals surface area contributed by atoms with Gasteiger partial charge in [-0.1, -0.05) is 17.3 Å². The Hall–Kier alpha value is -4.60. The molecule has 0 spiro atoms. The van der Waals surface area contributed by atoms with Gasteiger partial charge in [0.2, 0.25) is 0 Å². The number of benzene rings is 2. The topological polar surface area (TPSA) is 106 Å². The lowest BCUT2D eigenvalue weighted by Crippen LogP contribution is -2.22. The summed E-state index contributed by atoms with van der Waals surface area (Å²) >= 11 is 0. The zero-order valence-corrected chi connectivity index (χ0v) is 17.1. The third-order valence-electron chi connectivity index (χ3n) is 4.78. The number of amides is 2. The van der Waals surface area contributed by atoms with Crippen LogP contribution in [0.1, 0.15) is 26.3 Å². The van der Waals surface area contributed by atoms with Gasteiger partial charge in [-0.2, -0.15) is 0 Å². The van der Waals surface area contributed by atoms with Crippen molar-refractivity contribution in [1.82, 2.24) is 9.72 Å². The highest BCUT2D eigenvalue weighted by atomic mass is 19.1. The fourth-order valence-corrected chi connectivity index (χ4v) is 3.07. The number of hydrogen-bond donors (Lipinski definition) is 2. The smallest absolute Gasteiger partial charge is 0.257 e. The number of para-hydroxylation sites is 1. The average molecular weight is 450 g/mol. The van der Waals surface area contributed by atoms with Crippen LogP contribution < -0.4 is 16.2 Å². The highest BCUT2D eigenvalue weighted by Gasteiger charge is 2.16. The van der Waals surface area contributed by atoms with Gasteiger partial charge in [-0.15, -0.1) is 0 Å². The third-order valence-corrected chi connectivity index (χ3v) is 4.78. The van der Waals surface area contributed by atoms with Crippen molar-refractivity contribution < 1.29 is 22.9 Å². The highest BCUT2D eigenvalue weighted by Crippen LogP contribution is 2.20. The number of carbonyl (C=O) groups is 2. The van der Waals surface area contributed by atoms with E-state index in [0.717, 1.165) is 29.0 Å². The lowest BCUT2D eigenvalue weighted by Gasteiger charge is -2.12. The molecule has 8 nitrogen and oxygen atoms in total. The predicted molar refractivity (Wildman–Crippen MR) is 116 cm³/mol. The molecule has 0 radical (unpaired) electrons. The van der Waals surface area contributed by atoms with Gasteiger partial charge >= 0.3 is 0 Å². The number of rotatable bonds is 5. The highest BCUT2D eigenvalue weighted by molar-refractivity contribution is 6.07. The van der Waals surface area contributed by atoms with Crippen molar-refractivity contribution in [2.75, 3.05) is 10.6 Å². The molecule has 4 aromatic rings. The number of hydrogen-bond acceptors (Lipinski definition) is 5. The van der Waals surface area contributed by atoms with Crippen LogP contribution in [0.3, 0.4) is 0 Å². The van der Waals surface area contributed by atoms with Gasteiger partial charge in [-0.25, -0.2) is 8.78 Å². The lowest BCUT2D eigenvalue weighted by atomic mass is 10.1. The summed E-state index contributed by atoms with van der Waals surface area (Å²) in [6, 6.07) is 11.6. The number of pyridine rings is 1. The van der Waals surface area contributed by atoms with Crippen LogP contribution in [0.2, 0.25) is 0 Å². The minimum absolute atomic E-state index is 0.0193. The van der Waals surface area contributed by atoms with Gasteiger partial charge in [0.05, 0.1) is 5.56 Å². The molecule has 2 heterocycles. The second-order valence-electron chi connectivity index (χ2n) is 7.02. The number of carbonyl (C=O) groups excluding carboxylic acids is 2. The van der Waals surface area contributed by atoms with Gasteiger partial charge in [-0.05, 0) is 42.8 Å². The van der Waals surface area contributed by atoms with Crippen molar-refractivity contribution in [3.05, 3.63) is 106 Å². The van der Waals surface area contributed by atoms with Crippen LogP contribution in [0.25, 0.3) is 5.69 Å². The van der Waals surface area contributed by atoms with Crippen molar-refractivity contribution >= 4 is 23.3 Å². The molecule has 10 heteroatoms. The molecule has 166 valence electrons. The summed E-state index contributed by atoms with van der Waals surface area (Å²) in [4.78, 5) is 37.5. The summed E-state index contributed by atoms with van der Waals surface area (Å²) in [5, 5.41) is 8.80. The maximum atomic E-state index is 14.2. The molecule has 0 aliphatic heterocycles. The predicted octanol–water partition coefficient (Wildman–Crippen LogP) is 3.92. The summed E-state index contributed by atoms with van der Waals surface area (Å²) in [6.45, 7) is 1.73. The van der Waals surface area contributed by atoms with Crippen molar-refractivity contribution in [2.45, 2.75) is 6.92 Å². The van der Waals surface area contributed by atoms with E-state index in [1.54, 1.807) is 19.1 Å². The Morgan fingerprint density at radius 1 is 0.939 bits per heavy atom. The number of aryl methyl sites for hydroxylation is 1. The van der Waals surface area contributed by atoms with Crippen molar-refractivity contribution in [3.8, 4) is 5.69 Å². The van der Waals surface area contributed by atoms with Crippen molar-refractivity contribution in [3.63, 3.8) is 0 Å². The molecule has 2 aromatic heterocycles. The molecule has 0 fully saturated rings. The third kappa shape index (κ3) is 4.54. The fourth-order valence-electron chi connectivity index (χ4n) is 3.07. The SMILES string of the molecule is Cc1ccc(C(=O)Nc2ccon2)cc1NC(=O)c1ccc(=O)n(-c2c(F)cccc2F)c1. The average Bonchev–Trinajstić information content (AvgIpc) is 3.29. The molecule has 0 saturated carbocycles. The molecule has 2 aromatic carbocycles. The Morgan fingerprint density at radius 3 is 2.33 bits per heavy atom. The standard InChI is InChI=1S/C23H16F2N4O4/c1-13-5-6-14(22(31)27-19-9-10-33-28-19)11-18(13)26-23(32)15-7-8-20(30)29(12-15)21-16(24)3-2-4-17(21)25/h2-12H,1H3,(H,26,32)(H,27,28,31).